The highest BCUT2D eigenvalue weighted by molar-refractivity contribution is 6.30. The van der Waals surface area contributed by atoms with E-state index >= 15 is 0 Å². The van der Waals surface area contributed by atoms with E-state index in [9.17, 15) is 4.39 Å². The minimum atomic E-state index is -0.371. The van der Waals surface area contributed by atoms with Crippen LogP contribution >= 0.6 is 11.6 Å². The Morgan fingerprint density at radius 3 is 3.06 bits per heavy atom. The van der Waals surface area contributed by atoms with E-state index in [-0.39, 0.29) is 10.8 Å². The summed E-state index contributed by atoms with van der Waals surface area (Å²) in [6, 6.07) is 4.79. The van der Waals surface area contributed by atoms with Crippen LogP contribution in [0.2, 0.25) is 5.02 Å². The minimum absolute atomic E-state index is 0.177. The van der Waals surface area contributed by atoms with Crippen molar-refractivity contribution in [2.24, 2.45) is 0 Å². The molecule has 0 spiro atoms. The Kier molecular flexibility index (Phi) is 4.16. The summed E-state index contributed by atoms with van der Waals surface area (Å²) in [5.41, 5.74) is 0.990. The topological polar surface area (TPSA) is 21.3 Å². The van der Waals surface area contributed by atoms with Gasteiger partial charge >= 0.3 is 0 Å². The van der Waals surface area contributed by atoms with E-state index in [4.69, 9.17) is 16.3 Å². The summed E-state index contributed by atoms with van der Waals surface area (Å²) >= 11 is 5.69. The van der Waals surface area contributed by atoms with Gasteiger partial charge in [-0.3, -0.25) is 0 Å². The van der Waals surface area contributed by atoms with Gasteiger partial charge in [-0.15, -0.1) is 0 Å². The average molecular weight is 244 g/mol. The number of hydrogen-bond acceptors (Lipinski definition) is 2. The van der Waals surface area contributed by atoms with E-state index in [0.29, 0.717) is 12.6 Å². The third-order valence-electron chi connectivity index (χ3n) is 2.71. The average Bonchev–Trinajstić information content (AvgIpc) is 2.76. The number of hydrogen-bond donors (Lipinski definition) is 1. The minimum Gasteiger partial charge on any atom is -0.377 e. The summed E-state index contributed by atoms with van der Waals surface area (Å²) in [5.74, 6) is -0.371. The largest absolute Gasteiger partial charge is 0.377 e. The van der Waals surface area contributed by atoms with Crippen molar-refractivity contribution in [1.82, 2.24) is 5.32 Å². The zero-order valence-corrected chi connectivity index (χ0v) is 9.77. The molecule has 2 rings (SSSR count). The molecule has 0 radical (unpaired) electrons. The summed E-state index contributed by atoms with van der Waals surface area (Å²) < 4.78 is 18.4. The van der Waals surface area contributed by atoms with Crippen molar-refractivity contribution in [3.63, 3.8) is 0 Å². The smallest absolute Gasteiger partial charge is 0.141 e. The Balaban J connectivity index is 1.78. The fourth-order valence-corrected chi connectivity index (χ4v) is 2.04. The maximum atomic E-state index is 12.9. The lowest BCUT2D eigenvalue weighted by atomic mass is 10.2. The first-order chi connectivity index (χ1) is 7.75. The number of halogens is 2. The van der Waals surface area contributed by atoms with E-state index in [2.05, 4.69) is 5.32 Å². The van der Waals surface area contributed by atoms with Gasteiger partial charge in [0, 0.05) is 19.7 Å². The zero-order valence-electron chi connectivity index (χ0n) is 9.01. The molecule has 1 aliphatic heterocycles. The van der Waals surface area contributed by atoms with Gasteiger partial charge in [0.1, 0.15) is 5.82 Å². The normalized spacial score (nSPS) is 20.2. The monoisotopic (exact) mass is 243 g/mol. The van der Waals surface area contributed by atoms with Gasteiger partial charge in [0.05, 0.1) is 11.1 Å². The van der Waals surface area contributed by atoms with Crippen molar-refractivity contribution in [2.75, 3.05) is 13.2 Å². The molecule has 2 nitrogen and oxygen atoms in total. The van der Waals surface area contributed by atoms with Crippen LogP contribution in [-0.2, 0) is 11.3 Å². The Hall–Kier alpha value is -0.640. The molecule has 1 atom stereocenters. The lowest BCUT2D eigenvalue weighted by Crippen LogP contribution is -2.25. The van der Waals surface area contributed by atoms with Gasteiger partial charge in [0.2, 0.25) is 0 Å². The third kappa shape index (κ3) is 3.17. The first-order valence-electron chi connectivity index (χ1n) is 5.52. The maximum absolute atomic E-state index is 12.9. The molecule has 16 heavy (non-hydrogen) atoms. The Labute approximate surface area is 99.7 Å². The molecule has 1 aromatic rings. The van der Waals surface area contributed by atoms with E-state index in [1.165, 1.54) is 6.07 Å². The molecule has 1 fully saturated rings. The second kappa shape index (κ2) is 5.62. The molecule has 1 aliphatic rings. The molecule has 1 aromatic carbocycles. The summed E-state index contributed by atoms with van der Waals surface area (Å²) in [5, 5.41) is 3.46. The van der Waals surface area contributed by atoms with Crippen LogP contribution in [0.4, 0.5) is 4.39 Å². The summed E-state index contributed by atoms with van der Waals surface area (Å²) in [4.78, 5) is 0. The number of ether oxygens (including phenoxy) is 1. The Bertz CT molecular complexity index is 353. The fourth-order valence-electron chi connectivity index (χ4n) is 1.83. The van der Waals surface area contributed by atoms with Gasteiger partial charge in [-0.1, -0.05) is 17.7 Å². The van der Waals surface area contributed by atoms with E-state index < -0.39 is 0 Å². The molecule has 0 saturated carbocycles. The molecule has 1 saturated heterocycles. The SMILES string of the molecule is Fc1ccc(CNCC2CCCO2)cc1Cl. The molecule has 1 N–H and O–H groups in total. The predicted octanol–water partition coefficient (Wildman–Crippen LogP) is 2.75. The van der Waals surface area contributed by atoms with Crippen LogP contribution < -0.4 is 5.32 Å². The second-order valence-electron chi connectivity index (χ2n) is 4.01. The fraction of sp³-hybridized carbons (Fsp3) is 0.500. The quantitative estimate of drug-likeness (QED) is 0.878. The lowest BCUT2D eigenvalue weighted by molar-refractivity contribution is 0.110. The van der Waals surface area contributed by atoms with Crippen molar-refractivity contribution in [1.29, 1.82) is 0 Å². The van der Waals surface area contributed by atoms with E-state index in [1.807, 2.05) is 0 Å². The molecule has 0 aromatic heterocycles. The molecule has 0 bridgehead atoms. The van der Waals surface area contributed by atoms with Gasteiger partial charge in [-0.05, 0) is 30.5 Å². The van der Waals surface area contributed by atoms with Crippen LogP contribution in [-0.4, -0.2) is 19.3 Å². The van der Waals surface area contributed by atoms with E-state index in [0.717, 1.165) is 31.6 Å². The number of nitrogens with one attached hydrogen (secondary N) is 1. The Morgan fingerprint density at radius 2 is 2.38 bits per heavy atom. The van der Waals surface area contributed by atoms with Crippen LogP contribution in [0.1, 0.15) is 18.4 Å². The van der Waals surface area contributed by atoms with Gasteiger partial charge < -0.3 is 10.1 Å². The number of rotatable bonds is 4. The maximum Gasteiger partial charge on any atom is 0.141 e. The zero-order chi connectivity index (χ0) is 11.4. The van der Waals surface area contributed by atoms with Crippen LogP contribution in [0.5, 0.6) is 0 Å². The van der Waals surface area contributed by atoms with Gasteiger partial charge in [-0.25, -0.2) is 4.39 Å². The van der Waals surface area contributed by atoms with Crippen molar-refractivity contribution >= 4 is 11.6 Å². The van der Waals surface area contributed by atoms with Gasteiger partial charge in [0.25, 0.3) is 0 Å². The van der Waals surface area contributed by atoms with Crippen LogP contribution in [0, 0.1) is 5.82 Å². The highest BCUT2D eigenvalue weighted by atomic mass is 35.5. The highest BCUT2D eigenvalue weighted by Crippen LogP contribution is 2.16. The predicted molar refractivity (Wildman–Crippen MR) is 62.1 cm³/mol. The molecular formula is C12H15ClFNO. The van der Waals surface area contributed by atoms with Crippen LogP contribution in [0.3, 0.4) is 0 Å². The van der Waals surface area contributed by atoms with Crippen molar-refractivity contribution in [3.05, 3.63) is 34.6 Å². The molecule has 0 amide bonds. The van der Waals surface area contributed by atoms with Crippen LogP contribution in [0.25, 0.3) is 0 Å². The first-order valence-corrected chi connectivity index (χ1v) is 5.90. The Morgan fingerprint density at radius 1 is 1.50 bits per heavy atom. The number of benzene rings is 1. The molecule has 0 aliphatic carbocycles. The molecule has 88 valence electrons. The van der Waals surface area contributed by atoms with Crippen LogP contribution in [0.15, 0.2) is 18.2 Å². The third-order valence-corrected chi connectivity index (χ3v) is 3.00. The second-order valence-corrected chi connectivity index (χ2v) is 4.42. The van der Waals surface area contributed by atoms with E-state index in [1.54, 1.807) is 12.1 Å². The van der Waals surface area contributed by atoms with Gasteiger partial charge in [-0.2, -0.15) is 0 Å². The lowest BCUT2D eigenvalue weighted by Gasteiger charge is -2.10. The standard InChI is InChI=1S/C12H15ClFNO/c13-11-6-9(3-4-12(11)14)7-15-8-10-2-1-5-16-10/h3-4,6,10,15H,1-2,5,7-8H2. The van der Waals surface area contributed by atoms with Gasteiger partial charge in [0.15, 0.2) is 0 Å². The molecular weight excluding hydrogens is 229 g/mol. The summed E-state index contributed by atoms with van der Waals surface area (Å²) in [6.45, 7) is 2.41. The van der Waals surface area contributed by atoms with Crippen molar-refractivity contribution in [3.8, 4) is 0 Å². The van der Waals surface area contributed by atoms with Crippen molar-refractivity contribution < 1.29 is 9.13 Å². The molecule has 4 heteroatoms. The molecule has 1 heterocycles. The first kappa shape index (κ1) is 11.8. The molecule has 1 unspecified atom stereocenters. The van der Waals surface area contributed by atoms with Crippen molar-refractivity contribution in [2.45, 2.75) is 25.5 Å². The highest BCUT2D eigenvalue weighted by Gasteiger charge is 2.14. The summed E-state index contributed by atoms with van der Waals surface area (Å²) in [6.07, 6.45) is 2.60. The summed E-state index contributed by atoms with van der Waals surface area (Å²) in [7, 11) is 0.